The van der Waals surface area contributed by atoms with E-state index in [2.05, 4.69) is 10.5 Å². The summed E-state index contributed by atoms with van der Waals surface area (Å²) in [6, 6.07) is 17.7. The Kier molecular flexibility index (Phi) is 8.10. The number of amides is 1. The highest BCUT2D eigenvalue weighted by atomic mass is 32.2. The summed E-state index contributed by atoms with van der Waals surface area (Å²) >= 11 is 0. The van der Waals surface area contributed by atoms with Crippen molar-refractivity contribution in [2.75, 3.05) is 17.1 Å². The van der Waals surface area contributed by atoms with Crippen molar-refractivity contribution in [2.24, 2.45) is 5.10 Å². The lowest BCUT2D eigenvalue weighted by molar-refractivity contribution is -0.384. The number of nitrogens with one attached hydrogen (secondary N) is 1. The molecule has 182 valence electrons. The van der Waals surface area contributed by atoms with Gasteiger partial charge in [-0.25, -0.2) is 18.2 Å². The van der Waals surface area contributed by atoms with E-state index in [9.17, 15) is 27.7 Å². The number of benzene rings is 3. The first-order valence-corrected chi connectivity index (χ1v) is 12.0. The number of rotatable bonds is 10. The summed E-state index contributed by atoms with van der Waals surface area (Å²) in [5.41, 5.74) is 3.68. The van der Waals surface area contributed by atoms with Crippen LogP contribution < -0.4 is 14.5 Å². The molecule has 0 unspecified atom stereocenters. The van der Waals surface area contributed by atoms with Crippen LogP contribution in [0.3, 0.4) is 0 Å². The maximum Gasteiger partial charge on any atom is 0.269 e. The van der Waals surface area contributed by atoms with Crippen molar-refractivity contribution < 1.29 is 27.3 Å². The van der Waals surface area contributed by atoms with Crippen LogP contribution in [-0.4, -0.2) is 38.3 Å². The zero-order chi connectivity index (χ0) is 25.4. The molecule has 0 spiro atoms. The van der Waals surface area contributed by atoms with E-state index in [1.807, 2.05) is 0 Å². The fraction of sp³-hybridized carbons (Fsp3) is 0.130. The summed E-state index contributed by atoms with van der Waals surface area (Å²) in [4.78, 5) is 22.4. The topological polar surface area (TPSA) is 131 Å². The van der Waals surface area contributed by atoms with Gasteiger partial charge in [-0.3, -0.25) is 19.2 Å². The van der Waals surface area contributed by atoms with Gasteiger partial charge >= 0.3 is 0 Å². The highest BCUT2D eigenvalue weighted by Crippen LogP contribution is 2.18. The van der Waals surface area contributed by atoms with E-state index in [1.165, 1.54) is 36.5 Å². The Labute approximate surface area is 200 Å². The number of nitro benzene ring substituents is 1. The van der Waals surface area contributed by atoms with Crippen LogP contribution in [0.1, 0.15) is 11.1 Å². The number of nitrogens with zero attached hydrogens (tertiary/aromatic N) is 3. The van der Waals surface area contributed by atoms with E-state index in [0.717, 1.165) is 22.2 Å². The first-order valence-electron chi connectivity index (χ1n) is 10.1. The van der Waals surface area contributed by atoms with Crippen molar-refractivity contribution >= 4 is 33.5 Å². The van der Waals surface area contributed by atoms with Gasteiger partial charge in [0.2, 0.25) is 10.0 Å². The number of carbonyl (C=O) groups is 1. The molecule has 1 amide bonds. The smallest absolute Gasteiger partial charge is 0.269 e. The van der Waals surface area contributed by atoms with Crippen LogP contribution in [0.25, 0.3) is 0 Å². The molecule has 1 N–H and O–H groups in total. The Morgan fingerprint density at radius 1 is 1.14 bits per heavy atom. The van der Waals surface area contributed by atoms with Gasteiger partial charge in [-0.1, -0.05) is 6.07 Å². The standard InChI is InChI=1S/C23H21FN4O6S/c1-35(32,33)27(21-4-2-3-19(24)13-21)15-23(29)26-25-14-17-7-11-22(12-8-17)34-16-18-5-9-20(10-6-18)28(30)31/h2-14H,15-16H2,1H3,(H,26,29)/b25-14-. The van der Waals surface area contributed by atoms with E-state index in [1.54, 1.807) is 36.4 Å². The molecule has 0 bridgehead atoms. The Hall–Kier alpha value is -4.32. The number of halogens is 1. The van der Waals surface area contributed by atoms with Crippen molar-refractivity contribution in [1.82, 2.24) is 5.43 Å². The molecule has 0 heterocycles. The van der Waals surface area contributed by atoms with Crippen molar-refractivity contribution in [3.05, 3.63) is 99.9 Å². The zero-order valence-corrected chi connectivity index (χ0v) is 19.3. The number of anilines is 1. The Morgan fingerprint density at radius 2 is 1.83 bits per heavy atom. The largest absolute Gasteiger partial charge is 0.489 e. The first kappa shape index (κ1) is 25.3. The van der Waals surface area contributed by atoms with Crippen LogP contribution in [0.5, 0.6) is 5.75 Å². The molecular formula is C23H21FN4O6S. The van der Waals surface area contributed by atoms with Crippen molar-refractivity contribution in [3.8, 4) is 5.75 Å². The maximum absolute atomic E-state index is 13.5. The Bertz CT molecular complexity index is 1330. The molecule has 0 atom stereocenters. The Morgan fingerprint density at radius 3 is 2.43 bits per heavy atom. The molecule has 35 heavy (non-hydrogen) atoms. The van der Waals surface area contributed by atoms with E-state index < -0.39 is 33.2 Å². The lowest BCUT2D eigenvalue weighted by atomic mass is 10.2. The van der Waals surface area contributed by atoms with Gasteiger partial charge in [-0.05, 0) is 65.7 Å². The summed E-state index contributed by atoms with van der Waals surface area (Å²) in [7, 11) is -3.83. The minimum Gasteiger partial charge on any atom is -0.489 e. The molecule has 0 aromatic heterocycles. The molecule has 0 aliphatic heterocycles. The molecule has 0 radical (unpaired) electrons. The monoisotopic (exact) mass is 500 g/mol. The molecule has 0 saturated carbocycles. The second-order valence-corrected chi connectivity index (χ2v) is 9.23. The van der Waals surface area contributed by atoms with Gasteiger partial charge in [0.15, 0.2) is 0 Å². The molecule has 10 nitrogen and oxygen atoms in total. The normalized spacial score (nSPS) is 11.3. The fourth-order valence-corrected chi connectivity index (χ4v) is 3.75. The Balaban J connectivity index is 1.53. The predicted molar refractivity (Wildman–Crippen MR) is 128 cm³/mol. The molecular weight excluding hydrogens is 479 g/mol. The summed E-state index contributed by atoms with van der Waals surface area (Å²) in [6.07, 6.45) is 2.28. The van der Waals surface area contributed by atoms with Crippen LogP contribution in [0.2, 0.25) is 0 Å². The average Bonchev–Trinajstić information content (AvgIpc) is 2.81. The summed E-state index contributed by atoms with van der Waals surface area (Å²) < 4.78 is 44.0. The van der Waals surface area contributed by atoms with Gasteiger partial charge in [0.05, 0.1) is 23.1 Å². The van der Waals surface area contributed by atoms with Gasteiger partial charge in [-0.2, -0.15) is 5.10 Å². The van der Waals surface area contributed by atoms with Gasteiger partial charge in [0.25, 0.3) is 11.6 Å². The van der Waals surface area contributed by atoms with Crippen LogP contribution >= 0.6 is 0 Å². The van der Waals surface area contributed by atoms with Crippen molar-refractivity contribution in [3.63, 3.8) is 0 Å². The number of hydrazone groups is 1. The van der Waals surface area contributed by atoms with Gasteiger partial charge in [0, 0.05) is 12.1 Å². The fourth-order valence-electron chi connectivity index (χ4n) is 2.91. The SMILES string of the molecule is CS(=O)(=O)N(CC(=O)N/N=C\c1ccc(OCc2ccc([N+](=O)[O-])cc2)cc1)c1cccc(F)c1. The number of ether oxygens (including phenoxy) is 1. The van der Waals surface area contributed by atoms with E-state index in [0.29, 0.717) is 11.3 Å². The van der Waals surface area contributed by atoms with Gasteiger partial charge < -0.3 is 4.74 Å². The maximum atomic E-state index is 13.5. The third-order valence-electron chi connectivity index (χ3n) is 4.62. The minimum atomic E-state index is -3.83. The predicted octanol–water partition coefficient (Wildman–Crippen LogP) is 3.23. The van der Waals surface area contributed by atoms with Gasteiger partial charge in [-0.15, -0.1) is 0 Å². The van der Waals surface area contributed by atoms with Gasteiger partial charge in [0.1, 0.15) is 24.7 Å². The quantitative estimate of drug-likeness (QED) is 0.258. The molecule has 3 aromatic rings. The molecule has 0 saturated heterocycles. The van der Waals surface area contributed by atoms with Crippen molar-refractivity contribution in [1.29, 1.82) is 0 Å². The molecule has 3 rings (SSSR count). The van der Waals surface area contributed by atoms with Crippen LogP contribution in [0.15, 0.2) is 77.9 Å². The zero-order valence-electron chi connectivity index (χ0n) is 18.5. The lowest BCUT2D eigenvalue weighted by Gasteiger charge is -2.21. The molecule has 0 aliphatic rings. The summed E-state index contributed by atoms with van der Waals surface area (Å²) in [5, 5.41) is 14.5. The minimum absolute atomic E-state index is 0.00229. The first-order chi connectivity index (χ1) is 16.6. The van der Waals surface area contributed by atoms with E-state index in [-0.39, 0.29) is 18.0 Å². The molecule has 0 aliphatic carbocycles. The average molecular weight is 501 g/mol. The highest BCUT2D eigenvalue weighted by molar-refractivity contribution is 7.92. The van der Waals surface area contributed by atoms with Crippen LogP contribution in [0, 0.1) is 15.9 Å². The van der Waals surface area contributed by atoms with E-state index in [4.69, 9.17) is 4.74 Å². The molecule has 12 heteroatoms. The van der Waals surface area contributed by atoms with Crippen LogP contribution in [-0.2, 0) is 21.4 Å². The molecule has 0 fully saturated rings. The number of sulfonamides is 1. The third kappa shape index (κ3) is 7.61. The highest BCUT2D eigenvalue weighted by Gasteiger charge is 2.21. The number of hydrogen-bond donors (Lipinski definition) is 1. The molecule has 3 aromatic carbocycles. The second-order valence-electron chi connectivity index (χ2n) is 7.32. The second kappa shape index (κ2) is 11.2. The third-order valence-corrected chi connectivity index (χ3v) is 5.76. The van der Waals surface area contributed by atoms with Crippen LogP contribution in [0.4, 0.5) is 15.8 Å². The number of hydrogen-bond acceptors (Lipinski definition) is 7. The number of nitro groups is 1. The summed E-state index contributed by atoms with van der Waals surface area (Å²) in [5.74, 6) is -0.780. The summed E-state index contributed by atoms with van der Waals surface area (Å²) in [6.45, 7) is -0.349. The number of non-ortho nitro benzene ring substituents is 1. The lowest BCUT2D eigenvalue weighted by Crippen LogP contribution is -2.39. The van der Waals surface area contributed by atoms with E-state index >= 15 is 0 Å². The van der Waals surface area contributed by atoms with Crippen molar-refractivity contribution in [2.45, 2.75) is 6.61 Å². The number of carbonyl (C=O) groups excluding carboxylic acids is 1.